The molecule has 1 saturated carbocycles. The molecular formula is C36H37N3O6S. The number of hydrogen-bond acceptors (Lipinski definition) is 7. The molecule has 0 spiro atoms. The third-order valence-electron chi connectivity index (χ3n) is 8.29. The van der Waals surface area contributed by atoms with Crippen molar-refractivity contribution >= 4 is 35.2 Å². The second-order valence-electron chi connectivity index (χ2n) is 11.7. The minimum atomic E-state index is -1.26. The first-order chi connectivity index (χ1) is 22.2. The first-order valence-electron chi connectivity index (χ1n) is 15.3. The predicted octanol–water partition coefficient (Wildman–Crippen LogP) is 8.10. The van der Waals surface area contributed by atoms with E-state index in [-0.39, 0.29) is 30.2 Å². The van der Waals surface area contributed by atoms with Gasteiger partial charge in [-0.2, -0.15) is 0 Å². The van der Waals surface area contributed by atoms with Gasteiger partial charge in [0.2, 0.25) is 5.91 Å². The summed E-state index contributed by atoms with van der Waals surface area (Å²) in [5, 5.41) is 31.1. The minimum Gasteiger partial charge on any atom is -0.507 e. The lowest BCUT2D eigenvalue weighted by Crippen LogP contribution is -2.37. The van der Waals surface area contributed by atoms with Crippen molar-refractivity contribution in [3.8, 4) is 5.75 Å². The molecule has 0 bridgehead atoms. The van der Waals surface area contributed by atoms with Gasteiger partial charge in [0, 0.05) is 35.3 Å². The summed E-state index contributed by atoms with van der Waals surface area (Å²) < 4.78 is 1.89. The number of carboxylic acids is 1. The Labute approximate surface area is 272 Å². The van der Waals surface area contributed by atoms with E-state index in [2.05, 4.69) is 12.1 Å². The molecule has 0 radical (unpaired) electrons. The maximum absolute atomic E-state index is 14.2. The fraction of sp³-hybridized carbons (Fsp3) is 0.278. The minimum absolute atomic E-state index is 0.0112. The molecule has 9 nitrogen and oxygen atoms in total. The normalized spacial score (nSPS) is 13.4. The van der Waals surface area contributed by atoms with Gasteiger partial charge < -0.3 is 15.1 Å². The summed E-state index contributed by atoms with van der Waals surface area (Å²) in [6.45, 7) is 2.51. The highest BCUT2D eigenvalue weighted by atomic mass is 32.2. The number of aromatic carboxylic acids is 1. The van der Waals surface area contributed by atoms with Crippen molar-refractivity contribution in [2.45, 2.75) is 62.9 Å². The van der Waals surface area contributed by atoms with Crippen LogP contribution in [0.25, 0.3) is 0 Å². The second-order valence-corrected chi connectivity index (χ2v) is 12.9. The summed E-state index contributed by atoms with van der Waals surface area (Å²) in [6.07, 6.45) is 6.12. The van der Waals surface area contributed by atoms with E-state index in [9.17, 15) is 29.9 Å². The topological polar surface area (TPSA) is 124 Å². The Morgan fingerprint density at radius 3 is 2.11 bits per heavy atom. The Morgan fingerprint density at radius 2 is 1.50 bits per heavy atom. The lowest BCUT2D eigenvalue weighted by atomic mass is 9.84. The average molecular weight is 640 g/mol. The van der Waals surface area contributed by atoms with Crippen LogP contribution in [0.3, 0.4) is 0 Å². The van der Waals surface area contributed by atoms with Crippen molar-refractivity contribution in [2.24, 2.45) is 0 Å². The van der Waals surface area contributed by atoms with Gasteiger partial charge in [-0.05, 0) is 78.6 Å². The van der Waals surface area contributed by atoms with Gasteiger partial charge >= 0.3 is 5.97 Å². The van der Waals surface area contributed by atoms with E-state index >= 15 is 0 Å². The maximum atomic E-state index is 14.2. The van der Waals surface area contributed by atoms with E-state index in [1.165, 1.54) is 79.9 Å². The Morgan fingerprint density at radius 1 is 0.870 bits per heavy atom. The number of nitro groups is 1. The molecular weight excluding hydrogens is 602 g/mol. The molecule has 0 heterocycles. The molecule has 4 aromatic carbocycles. The highest BCUT2D eigenvalue weighted by Crippen LogP contribution is 2.33. The number of non-ortho nitro benzene ring substituents is 1. The molecule has 238 valence electrons. The summed E-state index contributed by atoms with van der Waals surface area (Å²) >= 11 is 1.40. The van der Waals surface area contributed by atoms with Gasteiger partial charge in [0.05, 0.1) is 18.0 Å². The van der Waals surface area contributed by atoms with Gasteiger partial charge in [0.15, 0.2) is 0 Å². The summed E-state index contributed by atoms with van der Waals surface area (Å²) in [5.74, 6) is -1.40. The number of hydrogen-bond donors (Lipinski definition) is 2. The van der Waals surface area contributed by atoms with Crippen molar-refractivity contribution in [2.75, 3.05) is 11.4 Å². The standard InChI is InChI=1S/C36H37N3O6S/c1-25-7-18-32(19-8-25)46-37(22-26-11-15-30(16-12-26)39(44)45)24-35(41)38(31-17-20-33(36(42)43)34(40)21-31)23-27-9-13-29(14-10-27)28-5-3-2-4-6-28/h7-21,28,40H,2-6,22-24H2,1H3,(H,42,43). The highest BCUT2D eigenvalue weighted by Gasteiger charge is 2.23. The van der Waals surface area contributed by atoms with E-state index in [4.69, 9.17) is 0 Å². The number of benzene rings is 4. The zero-order valence-electron chi connectivity index (χ0n) is 25.7. The Kier molecular flexibility index (Phi) is 10.7. The maximum Gasteiger partial charge on any atom is 0.339 e. The smallest absolute Gasteiger partial charge is 0.339 e. The van der Waals surface area contributed by atoms with Crippen LogP contribution in [0.2, 0.25) is 0 Å². The molecule has 2 N–H and O–H groups in total. The lowest BCUT2D eigenvalue weighted by molar-refractivity contribution is -0.384. The molecule has 10 heteroatoms. The Bertz CT molecular complexity index is 1670. The first-order valence-corrected chi connectivity index (χ1v) is 16.1. The predicted molar refractivity (Wildman–Crippen MR) is 179 cm³/mol. The number of aryl methyl sites for hydroxylation is 1. The highest BCUT2D eigenvalue weighted by molar-refractivity contribution is 7.97. The molecule has 0 atom stereocenters. The molecule has 0 aromatic heterocycles. The molecule has 1 aliphatic rings. The van der Waals surface area contributed by atoms with Gasteiger partial charge in [-0.15, -0.1) is 0 Å². The van der Waals surface area contributed by atoms with Crippen LogP contribution in [-0.4, -0.2) is 37.9 Å². The molecule has 0 unspecified atom stereocenters. The number of carboxylic acid groups (broad SMARTS) is 1. The van der Waals surface area contributed by atoms with Crippen molar-refractivity contribution in [1.82, 2.24) is 4.31 Å². The van der Waals surface area contributed by atoms with E-state index in [1.54, 1.807) is 17.0 Å². The van der Waals surface area contributed by atoms with E-state index in [0.717, 1.165) is 21.6 Å². The number of nitro benzene ring substituents is 1. The van der Waals surface area contributed by atoms with Crippen molar-refractivity contribution < 1.29 is 24.7 Å². The van der Waals surface area contributed by atoms with Crippen molar-refractivity contribution in [3.63, 3.8) is 0 Å². The second kappa shape index (κ2) is 15.1. The quantitative estimate of drug-likeness (QED) is 0.0905. The molecule has 4 aromatic rings. The molecule has 0 aliphatic heterocycles. The van der Waals surface area contributed by atoms with Crippen LogP contribution in [0, 0.1) is 17.0 Å². The number of aromatic hydroxyl groups is 1. The number of nitrogens with zero attached hydrogens (tertiary/aromatic N) is 3. The fourth-order valence-electron chi connectivity index (χ4n) is 5.74. The van der Waals surface area contributed by atoms with Gasteiger partial charge in [-0.1, -0.05) is 73.4 Å². The van der Waals surface area contributed by atoms with E-state index in [1.807, 2.05) is 47.6 Å². The number of amides is 1. The molecule has 0 saturated heterocycles. The molecule has 1 amide bonds. The van der Waals surface area contributed by atoms with Crippen LogP contribution < -0.4 is 4.90 Å². The lowest BCUT2D eigenvalue weighted by Gasteiger charge is -2.28. The summed E-state index contributed by atoms with van der Waals surface area (Å²) in [5.41, 5.74) is 4.22. The molecule has 46 heavy (non-hydrogen) atoms. The fourth-order valence-corrected chi connectivity index (χ4v) is 6.68. The van der Waals surface area contributed by atoms with Gasteiger partial charge in [-0.25, -0.2) is 9.10 Å². The van der Waals surface area contributed by atoms with Crippen LogP contribution in [0.4, 0.5) is 11.4 Å². The number of carbonyl (C=O) groups excluding carboxylic acids is 1. The Hall–Kier alpha value is -4.67. The average Bonchev–Trinajstić information content (AvgIpc) is 3.05. The van der Waals surface area contributed by atoms with Gasteiger partial charge in [-0.3, -0.25) is 14.9 Å². The summed E-state index contributed by atoms with van der Waals surface area (Å²) in [6, 6.07) is 26.7. The van der Waals surface area contributed by atoms with Gasteiger partial charge in [0.1, 0.15) is 11.3 Å². The summed E-state index contributed by atoms with van der Waals surface area (Å²) in [7, 11) is 0. The zero-order chi connectivity index (χ0) is 32.6. The molecule has 5 rings (SSSR count). The van der Waals surface area contributed by atoms with Gasteiger partial charge in [0.25, 0.3) is 5.69 Å². The van der Waals surface area contributed by atoms with E-state index in [0.29, 0.717) is 18.2 Å². The monoisotopic (exact) mass is 639 g/mol. The third-order valence-corrected chi connectivity index (χ3v) is 9.29. The summed E-state index contributed by atoms with van der Waals surface area (Å²) in [4.78, 5) is 39.0. The third kappa shape index (κ3) is 8.52. The first kappa shape index (κ1) is 32.7. The SMILES string of the molecule is Cc1ccc(SN(CC(=O)N(Cc2ccc(C3CCCCC3)cc2)c2ccc(C(=O)O)c(O)c2)Cc2ccc([N+](=O)[O-])cc2)cc1. The van der Waals surface area contributed by atoms with E-state index < -0.39 is 16.6 Å². The largest absolute Gasteiger partial charge is 0.507 e. The number of rotatable bonds is 12. The Balaban J connectivity index is 1.42. The van der Waals surface area contributed by atoms with Crippen LogP contribution in [-0.2, 0) is 17.9 Å². The van der Waals surface area contributed by atoms with Crippen LogP contribution in [0.15, 0.2) is 95.9 Å². The molecule has 1 fully saturated rings. The number of carbonyl (C=O) groups is 2. The molecule has 1 aliphatic carbocycles. The van der Waals surface area contributed by atoms with Crippen molar-refractivity contribution in [1.29, 1.82) is 0 Å². The number of anilines is 1. The zero-order valence-corrected chi connectivity index (χ0v) is 26.5. The van der Waals surface area contributed by atoms with Crippen LogP contribution >= 0.6 is 11.9 Å². The van der Waals surface area contributed by atoms with Crippen molar-refractivity contribution in [3.05, 3.63) is 129 Å². The number of phenols is 1. The van der Waals surface area contributed by atoms with Crippen LogP contribution in [0.1, 0.15) is 70.6 Å². The van der Waals surface area contributed by atoms with Crippen LogP contribution in [0.5, 0.6) is 5.75 Å².